The molecule has 1 atom stereocenters. The third kappa shape index (κ3) is 6.32. The average Bonchev–Trinajstić information content (AvgIpc) is 2.79. The molecular formula is C23H20ClN3O4S. The Hall–Kier alpha value is -3.36. The molecule has 32 heavy (non-hydrogen) atoms. The molecule has 0 unspecified atom stereocenters. The van der Waals surface area contributed by atoms with E-state index in [2.05, 4.69) is 5.32 Å². The molecule has 0 saturated heterocycles. The van der Waals surface area contributed by atoms with Crippen LogP contribution in [0.3, 0.4) is 0 Å². The molecule has 0 aliphatic carbocycles. The number of nitrogens with one attached hydrogen (secondary N) is 1. The van der Waals surface area contributed by atoms with Gasteiger partial charge in [0.2, 0.25) is 11.8 Å². The number of nitro groups is 1. The minimum Gasteiger partial charge on any atom is -0.366 e. The first kappa shape index (κ1) is 23.3. The van der Waals surface area contributed by atoms with E-state index in [1.807, 2.05) is 42.5 Å². The number of thioether (sulfide) groups is 1. The van der Waals surface area contributed by atoms with Gasteiger partial charge < -0.3 is 11.1 Å². The van der Waals surface area contributed by atoms with E-state index in [4.69, 9.17) is 17.3 Å². The predicted octanol–water partition coefficient (Wildman–Crippen LogP) is 4.54. The maximum atomic E-state index is 12.7. The molecule has 2 amide bonds. The highest BCUT2D eigenvalue weighted by atomic mass is 35.5. The van der Waals surface area contributed by atoms with Gasteiger partial charge in [0.05, 0.1) is 21.6 Å². The number of amides is 2. The number of nitrogens with two attached hydrogens (primary N) is 1. The highest BCUT2D eigenvalue weighted by Crippen LogP contribution is 2.30. The maximum Gasteiger partial charge on any atom is 0.283 e. The zero-order valence-electron chi connectivity index (χ0n) is 16.9. The van der Waals surface area contributed by atoms with Crippen molar-refractivity contribution in [3.05, 3.63) is 105 Å². The van der Waals surface area contributed by atoms with E-state index in [9.17, 15) is 19.7 Å². The van der Waals surface area contributed by atoms with Crippen molar-refractivity contribution in [2.45, 2.75) is 17.4 Å². The number of hydrogen-bond donors (Lipinski definition) is 2. The Morgan fingerprint density at radius 2 is 1.75 bits per heavy atom. The number of rotatable bonds is 9. The number of nitro benzene ring substituents is 1. The first-order valence-electron chi connectivity index (χ1n) is 9.63. The third-order valence-electron chi connectivity index (χ3n) is 4.69. The molecule has 3 aromatic carbocycles. The molecule has 0 aliphatic heterocycles. The van der Waals surface area contributed by atoms with E-state index >= 15 is 0 Å². The second kappa shape index (κ2) is 10.8. The highest BCUT2D eigenvalue weighted by molar-refractivity contribution is 8.00. The van der Waals surface area contributed by atoms with Gasteiger partial charge >= 0.3 is 0 Å². The molecule has 0 saturated carbocycles. The van der Waals surface area contributed by atoms with Crippen LogP contribution in [0.4, 0.5) is 5.69 Å². The summed E-state index contributed by atoms with van der Waals surface area (Å²) >= 11 is 6.99. The number of halogens is 1. The second-order valence-corrected chi connectivity index (χ2v) is 8.41. The van der Waals surface area contributed by atoms with E-state index in [0.717, 1.165) is 29.0 Å². The van der Waals surface area contributed by atoms with E-state index in [1.54, 1.807) is 12.1 Å². The van der Waals surface area contributed by atoms with Crippen molar-refractivity contribution in [2.75, 3.05) is 5.75 Å². The molecule has 3 rings (SSSR count). The summed E-state index contributed by atoms with van der Waals surface area (Å²) in [6, 6.07) is 20.6. The van der Waals surface area contributed by atoms with E-state index in [0.29, 0.717) is 11.4 Å². The van der Waals surface area contributed by atoms with Gasteiger partial charge in [0, 0.05) is 16.7 Å². The molecule has 0 aromatic heterocycles. The van der Waals surface area contributed by atoms with Gasteiger partial charge in [-0.3, -0.25) is 19.7 Å². The van der Waals surface area contributed by atoms with Crippen molar-refractivity contribution in [1.29, 1.82) is 0 Å². The summed E-state index contributed by atoms with van der Waals surface area (Å²) in [5.41, 5.74) is 6.92. The number of nitrogens with zero attached hydrogens (tertiary/aromatic N) is 1. The molecule has 3 N–H and O–H groups in total. The average molecular weight is 470 g/mol. The molecule has 0 aliphatic rings. The Labute approximate surface area is 194 Å². The fourth-order valence-corrected chi connectivity index (χ4v) is 4.05. The lowest BCUT2D eigenvalue weighted by atomic mass is 9.99. The lowest BCUT2D eigenvalue weighted by Gasteiger charge is -2.19. The molecule has 3 aromatic rings. The van der Waals surface area contributed by atoms with Gasteiger partial charge in [-0.25, -0.2) is 0 Å². The van der Waals surface area contributed by atoms with Gasteiger partial charge in [-0.05, 0) is 41.8 Å². The van der Waals surface area contributed by atoms with Crippen LogP contribution in [0.5, 0.6) is 0 Å². The summed E-state index contributed by atoms with van der Waals surface area (Å²) in [4.78, 5) is 35.0. The normalized spacial score (nSPS) is 11.5. The summed E-state index contributed by atoms with van der Waals surface area (Å²) in [6.07, 6.45) is 0.561. The number of carbonyl (C=O) groups excluding carboxylic acids is 2. The molecule has 0 radical (unpaired) electrons. The summed E-state index contributed by atoms with van der Waals surface area (Å²) < 4.78 is 0. The predicted molar refractivity (Wildman–Crippen MR) is 125 cm³/mol. The summed E-state index contributed by atoms with van der Waals surface area (Å²) in [5, 5.41) is 15.0. The van der Waals surface area contributed by atoms with Crippen LogP contribution in [0.15, 0.2) is 77.7 Å². The van der Waals surface area contributed by atoms with Crippen LogP contribution in [0.1, 0.15) is 27.5 Å². The topological polar surface area (TPSA) is 115 Å². The first-order chi connectivity index (χ1) is 15.3. The number of hydrogen-bond acceptors (Lipinski definition) is 5. The zero-order valence-corrected chi connectivity index (χ0v) is 18.4. The monoisotopic (exact) mass is 469 g/mol. The van der Waals surface area contributed by atoms with Crippen LogP contribution < -0.4 is 11.1 Å². The number of benzene rings is 3. The van der Waals surface area contributed by atoms with E-state index in [-0.39, 0.29) is 33.8 Å². The standard InChI is InChI=1S/C23H20ClN3O4S/c24-18-9-6-15(7-10-18)12-19(16-4-2-1-3-5-16)26-22(28)14-32-21-11-8-17(23(25)29)13-20(21)27(30)31/h1-11,13,19H,12,14H2,(H2,25,29)(H,26,28)/t19-/m0/s1. The molecule has 0 spiro atoms. The minimum atomic E-state index is -0.754. The Balaban J connectivity index is 1.72. The summed E-state index contributed by atoms with van der Waals surface area (Å²) in [7, 11) is 0. The lowest BCUT2D eigenvalue weighted by Crippen LogP contribution is -2.31. The van der Waals surface area contributed by atoms with Crippen LogP contribution in [0, 0.1) is 10.1 Å². The Morgan fingerprint density at radius 3 is 2.38 bits per heavy atom. The molecule has 0 bridgehead atoms. The van der Waals surface area contributed by atoms with Crippen molar-refractivity contribution in [3.8, 4) is 0 Å². The Morgan fingerprint density at radius 1 is 1.06 bits per heavy atom. The minimum absolute atomic E-state index is 0.0271. The van der Waals surface area contributed by atoms with Gasteiger partial charge in [0.25, 0.3) is 5.69 Å². The number of primary amides is 1. The van der Waals surface area contributed by atoms with Crippen molar-refractivity contribution < 1.29 is 14.5 Å². The number of carbonyl (C=O) groups is 2. The van der Waals surface area contributed by atoms with Crippen molar-refractivity contribution in [2.24, 2.45) is 5.73 Å². The molecule has 9 heteroatoms. The summed E-state index contributed by atoms with van der Waals surface area (Å²) in [5.74, 6) is -1.05. The molecule has 164 valence electrons. The van der Waals surface area contributed by atoms with E-state index in [1.165, 1.54) is 12.1 Å². The fourth-order valence-electron chi connectivity index (χ4n) is 3.11. The Bertz CT molecular complexity index is 1120. The van der Waals surface area contributed by atoms with Gasteiger partial charge in [-0.15, -0.1) is 11.8 Å². The van der Waals surface area contributed by atoms with Gasteiger partial charge in [0.15, 0.2) is 0 Å². The zero-order chi connectivity index (χ0) is 23.1. The molecule has 0 heterocycles. The maximum absolute atomic E-state index is 12.7. The second-order valence-electron chi connectivity index (χ2n) is 6.95. The van der Waals surface area contributed by atoms with Gasteiger partial charge in [-0.2, -0.15) is 0 Å². The van der Waals surface area contributed by atoms with E-state index < -0.39 is 10.8 Å². The van der Waals surface area contributed by atoms with Crippen LogP contribution in [-0.4, -0.2) is 22.5 Å². The molecule has 0 fully saturated rings. The van der Waals surface area contributed by atoms with Crippen molar-refractivity contribution in [1.82, 2.24) is 5.32 Å². The van der Waals surface area contributed by atoms with Gasteiger partial charge in [-0.1, -0.05) is 54.1 Å². The van der Waals surface area contributed by atoms with Crippen LogP contribution in [0.2, 0.25) is 5.02 Å². The fraction of sp³-hybridized carbons (Fsp3) is 0.130. The highest BCUT2D eigenvalue weighted by Gasteiger charge is 2.20. The van der Waals surface area contributed by atoms with Crippen LogP contribution in [-0.2, 0) is 11.2 Å². The molecular weight excluding hydrogens is 450 g/mol. The quantitative estimate of drug-likeness (QED) is 0.271. The van der Waals surface area contributed by atoms with Crippen molar-refractivity contribution >= 4 is 40.9 Å². The van der Waals surface area contributed by atoms with Crippen molar-refractivity contribution in [3.63, 3.8) is 0 Å². The van der Waals surface area contributed by atoms with Crippen LogP contribution >= 0.6 is 23.4 Å². The first-order valence-corrected chi connectivity index (χ1v) is 11.0. The van der Waals surface area contributed by atoms with Gasteiger partial charge in [0.1, 0.15) is 0 Å². The largest absolute Gasteiger partial charge is 0.366 e. The summed E-state index contributed by atoms with van der Waals surface area (Å²) in [6.45, 7) is 0. The van der Waals surface area contributed by atoms with Crippen LogP contribution in [0.25, 0.3) is 0 Å². The Kier molecular flexibility index (Phi) is 7.86. The third-order valence-corrected chi connectivity index (χ3v) is 6.00. The SMILES string of the molecule is NC(=O)c1ccc(SCC(=O)N[C@@H](Cc2ccc(Cl)cc2)c2ccccc2)c([N+](=O)[O-])c1. The lowest BCUT2D eigenvalue weighted by molar-refractivity contribution is -0.387. The smallest absolute Gasteiger partial charge is 0.283 e. The molecule has 7 nitrogen and oxygen atoms in total.